The summed E-state index contributed by atoms with van der Waals surface area (Å²) in [5.74, 6) is -3.30. The second-order valence-electron chi connectivity index (χ2n) is 3.51. The maximum atomic E-state index is 10.9. The van der Waals surface area contributed by atoms with Gasteiger partial charge in [-0.25, -0.2) is 0 Å². The summed E-state index contributed by atoms with van der Waals surface area (Å²) in [5, 5.41) is 27.5. The molecule has 0 aromatic rings. The van der Waals surface area contributed by atoms with Crippen LogP contribution in [0.1, 0.15) is 6.92 Å². The van der Waals surface area contributed by atoms with Crippen LogP contribution in [0, 0.1) is 5.41 Å². The summed E-state index contributed by atoms with van der Waals surface area (Å²) in [6, 6.07) is 0. The van der Waals surface area contributed by atoms with Crippen LogP contribution in [-0.2, 0) is 32.8 Å². The summed E-state index contributed by atoms with van der Waals surface area (Å²) < 4.78 is 55.0. The molecule has 10 nitrogen and oxygen atoms in total. The average molecular weight is 294 g/mol. The third kappa shape index (κ3) is 2.74. The van der Waals surface area contributed by atoms with E-state index < -0.39 is 45.4 Å². The van der Waals surface area contributed by atoms with Crippen LogP contribution in [0.5, 0.6) is 0 Å². The fourth-order valence-corrected chi connectivity index (χ4v) is 2.98. The van der Waals surface area contributed by atoms with E-state index in [1.165, 1.54) is 0 Å². The van der Waals surface area contributed by atoms with Crippen LogP contribution in [0.25, 0.3) is 0 Å². The van der Waals surface area contributed by atoms with Gasteiger partial charge in [-0.1, -0.05) is 0 Å². The molecule has 1 heterocycles. The molecule has 0 aliphatic carbocycles. The van der Waals surface area contributed by atoms with Crippen LogP contribution >= 0.6 is 0 Å². The molecule has 0 aromatic carbocycles. The Balaban J connectivity index is 3.30. The number of aliphatic hydroxyl groups is 3. The molecule has 102 valence electrons. The lowest BCUT2D eigenvalue weighted by atomic mass is 9.90. The molecular formula is C5H10O10S2. The first kappa shape index (κ1) is 14.7. The van der Waals surface area contributed by atoms with Gasteiger partial charge in [0.1, 0.15) is 0 Å². The molecule has 17 heavy (non-hydrogen) atoms. The van der Waals surface area contributed by atoms with Gasteiger partial charge in [0.15, 0.2) is 0 Å². The van der Waals surface area contributed by atoms with Crippen molar-refractivity contribution in [2.45, 2.75) is 12.9 Å². The van der Waals surface area contributed by atoms with Crippen molar-refractivity contribution in [1.82, 2.24) is 0 Å². The Morgan fingerprint density at radius 2 is 1.41 bits per heavy atom. The third-order valence-electron chi connectivity index (χ3n) is 2.06. The maximum Gasteiger partial charge on any atom is 0.420 e. The van der Waals surface area contributed by atoms with E-state index in [-0.39, 0.29) is 0 Å². The summed E-state index contributed by atoms with van der Waals surface area (Å²) >= 11 is 0. The fourth-order valence-electron chi connectivity index (χ4n) is 0.871. The van der Waals surface area contributed by atoms with Crippen molar-refractivity contribution in [3.8, 4) is 0 Å². The van der Waals surface area contributed by atoms with Crippen molar-refractivity contribution in [2.75, 3.05) is 13.2 Å². The summed E-state index contributed by atoms with van der Waals surface area (Å²) in [6.45, 7) is -1.11. The highest BCUT2D eigenvalue weighted by Gasteiger charge is 2.60. The van der Waals surface area contributed by atoms with Crippen LogP contribution in [0.3, 0.4) is 0 Å². The lowest BCUT2D eigenvalue weighted by Gasteiger charge is -2.40. The Bertz CT molecular complexity index is 451. The highest BCUT2D eigenvalue weighted by Crippen LogP contribution is 2.39. The van der Waals surface area contributed by atoms with Crippen molar-refractivity contribution >= 4 is 20.8 Å². The van der Waals surface area contributed by atoms with E-state index in [0.717, 1.165) is 6.92 Å². The van der Waals surface area contributed by atoms with Crippen molar-refractivity contribution in [2.24, 2.45) is 5.41 Å². The molecule has 0 saturated carbocycles. The number of hydrogen-bond donors (Lipinski definition) is 3. The molecule has 0 spiro atoms. The average Bonchev–Trinajstić information content (AvgIpc) is 2.10. The van der Waals surface area contributed by atoms with Crippen LogP contribution in [0.2, 0.25) is 0 Å². The molecule has 1 aliphatic heterocycles. The van der Waals surface area contributed by atoms with Crippen molar-refractivity contribution < 1.29 is 44.2 Å². The van der Waals surface area contributed by atoms with Crippen molar-refractivity contribution in [3.05, 3.63) is 0 Å². The van der Waals surface area contributed by atoms with Gasteiger partial charge in [0.05, 0.1) is 18.6 Å². The van der Waals surface area contributed by atoms with E-state index in [1.54, 1.807) is 0 Å². The van der Waals surface area contributed by atoms with E-state index in [0.29, 0.717) is 0 Å². The number of rotatable bonds is 3. The zero-order valence-corrected chi connectivity index (χ0v) is 10.1. The van der Waals surface area contributed by atoms with Crippen molar-refractivity contribution in [3.63, 3.8) is 0 Å². The molecule has 1 fully saturated rings. The third-order valence-corrected chi connectivity index (χ3v) is 4.25. The molecule has 0 aromatic heterocycles. The minimum absolute atomic E-state index is 0.934. The predicted molar refractivity (Wildman–Crippen MR) is 48.3 cm³/mol. The second kappa shape index (κ2) is 4.10. The van der Waals surface area contributed by atoms with Crippen LogP contribution in [-0.4, -0.2) is 51.3 Å². The van der Waals surface area contributed by atoms with E-state index in [1.807, 2.05) is 0 Å². The quantitative estimate of drug-likeness (QED) is 0.495. The van der Waals surface area contributed by atoms with Gasteiger partial charge in [0, 0.05) is 0 Å². The maximum absolute atomic E-state index is 10.9. The molecule has 1 saturated heterocycles. The monoisotopic (exact) mass is 294 g/mol. The molecule has 0 radical (unpaired) electrons. The smallest absolute Gasteiger partial charge is 0.395 e. The van der Waals surface area contributed by atoms with Crippen LogP contribution in [0.15, 0.2) is 0 Å². The van der Waals surface area contributed by atoms with Gasteiger partial charge in [-0.2, -0.15) is 25.2 Å². The lowest BCUT2D eigenvalue weighted by molar-refractivity contribution is -0.352. The highest BCUT2D eigenvalue weighted by molar-refractivity contribution is 7.95. The summed E-state index contributed by atoms with van der Waals surface area (Å²) in [5.41, 5.74) is -2.11. The zero-order valence-electron chi connectivity index (χ0n) is 8.43. The van der Waals surface area contributed by atoms with Gasteiger partial charge in [0.2, 0.25) is 0 Å². The first-order valence-electron chi connectivity index (χ1n) is 4.05. The van der Waals surface area contributed by atoms with Crippen molar-refractivity contribution in [1.29, 1.82) is 0 Å². The van der Waals surface area contributed by atoms with E-state index in [2.05, 4.69) is 12.0 Å². The standard InChI is InChI=1S/C5H10O10S2/c1-4(2-6,3-7)5(8)13-16(9,10)15-17(11,12)14-5/h6-8H,2-3H2,1H3. The Kier molecular flexibility index (Phi) is 3.55. The molecule has 0 atom stereocenters. The fraction of sp³-hybridized carbons (Fsp3) is 1.00. The molecule has 0 bridgehead atoms. The first-order valence-corrected chi connectivity index (χ1v) is 6.72. The van der Waals surface area contributed by atoms with E-state index in [4.69, 9.17) is 10.2 Å². The zero-order chi connectivity index (χ0) is 13.5. The van der Waals surface area contributed by atoms with Gasteiger partial charge in [-0.3, -0.25) is 0 Å². The summed E-state index contributed by atoms with van der Waals surface area (Å²) in [4.78, 5) is 0. The molecule has 1 aliphatic rings. The van der Waals surface area contributed by atoms with E-state index >= 15 is 0 Å². The van der Waals surface area contributed by atoms with E-state index in [9.17, 15) is 21.9 Å². The van der Waals surface area contributed by atoms with Crippen LogP contribution < -0.4 is 0 Å². The molecule has 3 N–H and O–H groups in total. The molecule has 1 rings (SSSR count). The normalized spacial score (nSPS) is 26.6. The Hall–Kier alpha value is -0.340. The molecule has 0 amide bonds. The van der Waals surface area contributed by atoms with Gasteiger partial charge in [0.25, 0.3) is 0 Å². The highest BCUT2D eigenvalue weighted by atomic mass is 32.3. The van der Waals surface area contributed by atoms with Gasteiger partial charge in [-0.05, 0) is 6.92 Å². The largest absolute Gasteiger partial charge is 0.420 e. The number of hydrogen-bond acceptors (Lipinski definition) is 10. The van der Waals surface area contributed by atoms with Gasteiger partial charge < -0.3 is 15.3 Å². The minimum Gasteiger partial charge on any atom is -0.395 e. The predicted octanol–water partition coefficient (Wildman–Crippen LogP) is -2.82. The Morgan fingerprint density at radius 1 is 1.06 bits per heavy atom. The first-order chi connectivity index (χ1) is 7.49. The lowest BCUT2D eigenvalue weighted by Crippen LogP contribution is -2.59. The number of aliphatic hydroxyl groups excluding tert-OH is 2. The molecular weight excluding hydrogens is 284 g/mol. The second-order valence-corrected chi connectivity index (χ2v) is 6.02. The summed E-state index contributed by atoms with van der Waals surface area (Å²) in [6.07, 6.45) is 0. The van der Waals surface area contributed by atoms with Gasteiger partial charge in [-0.15, -0.1) is 3.63 Å². The topological polar surface area (TPSA) is 157 Å². The minimum atomic E-state index is -5.09. The van der Waals surface area contributed by atoms with Crippen LogP contribution in [0.4, 0.5) is 0 Å². The summed E-state index contributed by atoms with van der Waals surface area (Å²) in [7, 11) is -10.2. The van der Waals surface area contributed by atoms with Gasteiger partial charge >= 0.3 is 26.8 Å². The molecule has 0 unspecified atom stereocenters. The Labute approximate surface area is 97.0 Å². The Morgan fingerprint density at radius 3 is 1.71 bits per heavy atom. The molecule has 12 heteroatoms. The SMILES string of the molecule is CC(CO)(CO)C1(O)OS(=O)(=O)OS(=O)(=O)O1.